The van der Waals surface area contributed by atoms with Gasteiger partial charge in [-0.25, -0.2) is 9.97 Å². The fourth-order valence-electron chi connectivity index (χ4n) is 1.85. The van der Waals surface area contributed by atoms with E-state index in [0.29, 0.717) is 21.3 Å². The van der Waals surface area contributed by atoms with E-state index in [4.69, 9.17) is 28.0 Å². The van der Waals surface area contributed by atoms with Gasteiger partial charge in [0.15, 0.2) is 0 Å². The molecule has 1 aromatic carbocycles. The molecule has 0 N–H and O–H groups in total. The van der Waals surface area contributed by atoms with Crippen molar-refractivity contribution in [2.24, 2.45) is 5.16 Å². The molecule has 4 nitrogen and oxygen atoms in total. The number of nitrogens with zero attached hydrogens (tertiary/aromatic N) is 3. The minimum absolute atomic E-state index is 0.210. The van der Waals surface area contributed by atoms with Crippen LogP contribution in [0, 0.1) is 13.8 Å². The van der Waals surface area contributed by atoms with E-state index in [0.717, 1.165) is 17.1 Å². The van der Waals surface area contributed by atoms with Crippen LogP contribution in [0.15, 0.2) is 29.6 Å². The van der Waals surface area contributed by atoms with Crippen molar-refractivity contribution in [3.05, 3.63) is 57.1 Å². The molecule has 21 heavy (non-hydrogen) atoms. The van der Waals surface area contributed by atoms with Crippen LogP contribution >= 0.6 is 23.2 Å². The van der Waals surface area contributed by atoms with Gasteiger partial charge in [0.05, 0.1) is 11.4 Å². The number of aromatic nitrogens is 2. The lowest BCUT2D eigenvalue weighted by Crippen LogP contribution is -2.04. The Bertz CT molecular complexity index is 666. The van der Waals surface area contributed by atoms with Crippen LogP contribution in [0.2, 0.25) is 10.0 Å². The molecule has 0 amide bonds. The highest BCUT2D eigenvalue weighted by atomic mass is 35.5. The van der Waals surface area contributed by atoms with E-state index in [1.807, 2.05) is 20.8 Å². The van der Waals surface area contributed by atoms with Gasteiger partial charge in [-0.2, -0.15) is 0 Å². The average molecular weight is 324 g/mol. The van der Waals surface area contributed by atoms with Crippen molar-refractivity contribution in [1.29, 1.82) is 0 Å². The van der Waals surface area contributed by atoms with E-state index in [2.05, 4.69) is 15.1 Å². The number of oxime groups is 1. The molecule has 1 aromatic heterocycles. The molecule has 0 atom stereocenters. The molecule has 0 aliphatic rings. The molecule has 0 fully saturated rings. The molecule has 0 saturated heterocycles. The molecule has 0 aliphatic heterocycles. The first kappa shape index (κ1) is 15.7. The normalized spacial score (nSPS) is 11.6. The predicted molar refractivity (Wildman–Crippen MR) is 85.0 cm³/mol. The van der Waals surface area contributed by atoms with Crippen molar-refractivity contribution in [2.75, 3.05) is 0 Å². The number of benzene rings is 1. The topological polar surface area (TPSA) is 47.4 Å². The van der Waals surface area contributed by atoms with Crippen LogP contribution in [-0.2, 0) is 11.4 Å². The van der Waals surface area contributed by atoms with E-state index in [1.165, 1.54) is 0 Å². The first-order valence-electron chi connectivity index (χ1n) is 6.39. The summed E-state index contributed by atoms with van der Waals surface area (Å²) in [5.41, 5.74) is 3.14. The van der Waals surface area contributed by atoms with Gasteiger partial charge in [-0.1, -0.05) is 34.4 Å². The lowest BCUT2D eigenvalue weighted by molar-refractivity contribution is 0.130. The molecular formula is C15H15Cl2N3O. The molecule has 0 bridgehead atoms. The Morgan fingerprint density at radius 2 is 1.90 bits per heavy atom. The molecule has 0 radical (unpaired) electrons. The quantitative estimate of drug-likeness (QED) is 0.621. The van der Waals surface area contributed by atoms with Crippen LogP contribution in [-0.4, -0.2) is 15.7 Å². The lowest BCUT2D eigenvalue weighted by atomic mass is 10.2. The van der Waals surface area contributed by atoms with Crippen molar-refractivity contribution in [3.8, 4) is 0 Å². The van der Waals surface area contributed by atoms with Crippen LogP contribution in [0.5, 0.6) is 0 Å². The molecular weight excluding hydrogens is 309 g/mol. The molecule has 0 spiro atoms. The van der Waals surface area contributed by atoms with E-state index >= 15 is 0 Å². The third-order valence-corrected chi connectivity index (χ3v) is 3.67. The van der Waals surface area contributed by atoms with Crippen molar-refractivity contribution >= 4 is 28.9 Å². The third-order valence-electron chi connectivity index (χ3n) is 2.96. The second-order valence-electron chi connectivity index (χ2n) is 4.57. The molecule has 0 unspecified atom stereocenters. The summed E-state index contributed by atoms with van der Waals surface area (Å²) in [5, 5.41) is 5.20. The summed E-state index contributed by atoms with van der Waals surface area (Å²) >= 11 is 12.1. The first-order valence-corrected chi connectivity index (χ1v) is 7.14. The molecule has 110 valence electrons. The third kappa shape index (κ3) is 3.93. The predicted octanol–water partition coefficient (Wildman–Crippen LogP) is 4.34. The van der Waals surface area contributed by atoms with Crippen LogP contribution in [0.3, 0.4) is 0 Å². The Morgan fingerprint density at radius 1 is 1.24 bits per heavy atom. The fraction of sp³-hybridized carbons (Fsp3) is 0.267. The highest BCUT2D eigenvalue weighted by molar-refractivity contribution is 6.35. The standard InChI is InChI=1S/C15H15Cl2N3O/c1-9-12(7-18-11(3)19-9)10(2)20-21-8-13-14(16)5-4-6-15(13)17/h4-7H,8H2,1-3H3/b20-10-. The van der Waals surface area contributed by atoms with E-state index in [-0.39, 0.29) is 6.61 Å². The first-order chi connectivity index (χ1) is 9.99. The van der Waals surface area contributed by atoms with Gasteiger partial charge in [-0.3, -0.25) is 0 Å². The van der Waals surface area contributed by atoms with Crippen LogP contribution in [0.4, 0.5) is 0 Å². The zero-order valence-electron chi connectivity index (χ0n) is 12.0. The SMILES string of the molecule is C/C(=N/OCc1c(Cl)cccc1Cl)c1cnc(C)nc1C. The van der Waals surface area contributed by atoms with Crippen LogP contribution < -0.4 is 0 Å². The van der Waals surface area contributed by atoms with Crippen molar-refractivity contribution in [2.45, 2.75) is 27.4 Å². The number of hydrogen-bond acceptors (Lipinski definition) is 4. The van der Waals surface area contributed by atoms with Gasteiger partial charge in [0.2, 0.25) is 0 Å². The van der Waals surface area contributed by atoms with Gasteiger partial charge in [0.1, 0.15) is 12.4 Å². The largest absolute Gasteiger partial charge is 0.391 e. The second kappa shape index (κ2) is 6.87. The smallest absolute Gasteiger partial charge is 0.145 e. The van der Waals surface area contributed by atoms with Crippen molar-refractivity contribution in [1.82, 2.24) is 9.97 Å². The van der Waals surface area contributed by atoms with Crippen LogP contribution in [0.1, 0.15) is 29.6 Å². The zero-order chi connectivity index (χ0) is 15.4. The summed E-state index contributed by atoms with van der Waals surface area (Å²) in [6.07, 6.45) is 1.74. The van der Waals surface area contributed by atoms with Crippen LogP contribution in [0.25, 0.3) is 0 Å². The van der Waals surface area contributed by atoms with Gasteiger partial charge in [0, 0.05) is 27.4 Å². The summed E-state index contributed by atoms with van der Waals surface area (Å²) in [6.45, 7) is 5.81. The Labute approximate surface area is 133 Å². The Balaban J connectivity index is 2.11. The Kier molecular flexibility index (Phi) is 5.15. The number of rotatable bonds is 4. The van der Waals surface area contributed by atoms with Gasteiger partial charge in [-0.05, 0) is 32.9 Å². The summed E-state index contributed by atoms with van der Waals surface area (Å²) in [6, 6.07) is 5.32. The maximum atomic E-state index is 6.07. The summed E-state index contributed by atoms with van der Waals surface area (Å²) in [5.74, 6) is 0.729. The van der Waals surface area contributed by atoms with Gasteiger partial charge < -0.3 is 4.84 Å². The summed E-state index contributed by atoms with van der Waals surface area (Å²) < 4.78 is 0. The molecule has 0 aliphatic carbocycles. The molecule has 2 rings (SSSR count). The lowest BCUT2D eigenvalue weighted by Gasteiger charge is -2.07. The Hall–Kier alpha value is -1.65. The number of halogens is 2. The molecule has 0 saturated carbocycles. The summed E-state index contributed by atoms with van der Waals surface area (Å²) in [7, 11) is 0. The molecule has 1 heterocycles. The van der Waals surface area contributed by atoms with Crippen molar-refractivity contribution in [3.63, 3.8) is 0 Å². The zero-order valence-corrected chi connectivity index (χ0v) is 13.5. The minimum atomic E-state index is 0.210. The maximum absolute atomic E-state index is 6.07. The van der Waals surface area contributed by atoms with Crippen molar-refractivity contribution < 1.29 is 4.84 Å². The number of aryl methyl sites for hydroxylation is 2. The monoisotopic (exact) mass is 323 g/mol. The summed E-state index contributed by atoms with van der Waals surface area (Å²) in [4.78, 5) is 13.8. The second-order valence-corrected chi connectivity index (χ2v) is 5.38. The van der Waals surface area contributed by atoms with Gasteiger partial charge in [0.25, 0.3) is 0 Å². The number of hydrogen-bond donors (Lipinski definition) is 0. The van der Waals surface area contributed by atoms with E-state index in [1.54, 1.807) is 24.4 Å². The maximum Gasteiger partial charge on any atom is 0.145 e. The van der Waals surface area contributed by atoms with E-state index in [9.17, 15) is 0 Å². The highest BCUT2D eigenvalue weighted by Crippen LogP contribution is 2.25. The highest BCUT2D eigenvalue weighted by Gasteiger charge is 2.07. The minimum Gasteiger partial charge on any atom is -0.391 e. The molecule has 6 heteroatoms. The van der Waals surface area contributed by atoms with Gasteiger partial charge in [-0.15, -0.1) is 0 Å². The van der Waals surface area contributed by atoms with Gasteiger partial charge >= 0.3 is 0 Å². The fourth-order valence-corrected chi connectivity index (χ4v) is 2.36. The Morgan fingerprint density at radius 3 is 2.52 bits per heavy atom. The average Bonchev–Trinajstić information content (AvgIpc) is 2.42. The van der Waals surface area contributed by atoms with E-state index < -0.39 is 0 Å². The molecule has 2 aromatic rings.